The van der Waals surface area contributed by atoms with E-state index in [1.165, 1.54) is 5.01 Å². The number of carboxylic acids is 1. The predicted octanol–water partition coefficient (Wildman–Crippen LogP) is -2.70. The van der Waals surface area contributed by atoms with Crippen molar-refractivity contribution < 1.29 is 33.9 Å². The Balaban J connectivity index is 1.52. The largest absolute Gasteiger partial charge is 0.550 e. The lowest BCUT2D eigenvalue weighted by Gasteiger charge is -2.42. The molecule has 3 fully saturated rings. The third-order valence-electron chi connectivity index (χ3n) is 7.36. The highest BCUT2D eigenvalue weighted by Gasteiger charge is 2.43. The molecule has 2 aliphatic heterocycles. The summed E-state index contributed by atoms with van der Waals surface area (Å²) in [5, 5.41) is 25.2. The number of rotatable bonds is 9. The second-order valence-corrected chi connectivity index (χ2v) is 10.1. The minimum atomic E-state index is -1.46. The first-order chi connectivity index (χ1) is 18.6. The van der Waals surface area contributed by atoms with Gasteiger partial charge in [0.05, 0.1) is 12.1 Å². The highest BCUT2D eigenvalue weighted by molar-refractivity contribution is 5.94. The summed E-state index contributed by atoms with van der Waals surface area (Å²) in [6, 6.07) is -3.73. The van der Waals surface area contributed by atoms with Gasteiger partial charge in [0.15, 0.2) is 0 Å². The molecule has 39 heavy (non-hydrogen) atoms. The van der Waals surface area contributed by atoms with Crippen LogP contribution in [0.5, 0.6) is 0 Å². The molecule has 3 aliphatic rings. The molecule has 6 N–H and O–H groups in total. The van der Waals surface area contributed by atoms with Crippen LogP contribution in [0, 0.1) is 11.8 Å². The fourth-order valence-electron chi connectivity index (χ4n) is 5.19. The lowest BCUT2D eigenvalue weighted by atomic mass is 9.81. The third kappa shape index (κ3) is 8.12. The van der Waals surface area contributed by atoms with Crippen molar-refractivity contribution in [1.82, 2.24) is 31.4 Å². The zero-order chi connectivity index (χ0) is 28.5. The maximum absolute atomic E-state index is 13.1. The molecule has 3 rings (SSSR count). The number of amides is 6. The molecule has 6 amide bonds. The monoisotopic (exact) mass is 549 g/mol. The molecule has 2 saturated heterocycles. The first kappa shape index (κ1) is 29.8. The highest BCUT2D eigenvalue weighted by atomic mass is 16.4. The van der Waals surface area contributed by atoms with Crippen molar-refractivity contribution >= 4 is 41.8 Å². The molecular formula is C24H37N8O7-. The lowest BCUT2D eigenvalue weighted by Crippen LogP contribution is -2.63. The van der Waals surface area contributed by atoms with Crippen LogP contribution in [0.15, 0.2) is 5.10 Å². The maximum atomic E-state index is 13.1. The SMILES string of the molecule is CNC(=O)C1CCC(CNC(=O)N/N=C/[C@H](CC(=O)[O-])NC(=O)[C@@H]2CCCN3C(=O)CC[C@H](N)C(=O)N23)CC1. The van der Waals surface area contributed by atoms with Gasteiger partial charge in [0.2, 0.25) is 17.7 Å². The van der Waals surface area contributed by atoms with E-state index < -0.39 is 48.4 Å². The third-order valence-corrected chi connectivity index (χ3v) is 7.36. The number of hydrogen-bond acceptors (Lipinski definition) is 9. The van der Waals surface area contributed by atoms with E-state index in [0.29, 0.717) is 13.0 Å². The number of nitrogens with zero attached hydrogens (tertiary/aromatic N) is 3. The Morgan fingerprint density at radius 3 is 2.49 bits per heavy atom. The fourth-order valence-corrected chi connectivity index (χ4v) is 5.19. The van der Waals surface area contributed by atoms with Gasteiger partial charge in [0, 0.05) is 51.1 Å². The molecule has 0 aromatic carbocycles. The van der Waals surface area contributed by atoms with Crippen LogP contribution in [0.2, 0.25) is 0 Å². The Morgan fingerprint density at radius 2 is 1.82 bits per heavy atom. The number of hydrazone groups is 1. The van der Waals surface area contributed by atoms with Crippen LogP contribution in [0.1, 0.15) is 57.8 Å². The zero-order valence-electron chi connectivity index (χ0n) is 22.0. The normalized spacial score (nSPS) is 26.3. The van der Waals surface area contributed by atoms with Gasteiger partial charge in [0.1, 0.15) is 6.04 Å². The van der Waals surface area contributed by atoms with Gasteiger partial charge in [-0.3, -0.25) is 24.2 Å². The number of aliphatic carboxylic acids is 1. The number of fused-ring (bicyclic) bond motifs is 1. The number of carbonyl (C=O) groups is 6. The Kier molecular flexibility index (Phi) is 10.6. The van der Waals surface area contributed by atoms with E-state index in [1.54, 1.807) is 7.05 Å². The standard InChI is InChI=1S/C24H38N8O7/c1-26-21(36)15-6-4-14(5-7-15)12-27-24(39)30-28-13-16(11-20(34)35)29-22(37)18-3-2-10-31-19(33)9-8-17(25)23(38)32(18)31/h13-18H,2-12,25H2,1H3,(H,26,36)(H,29,37)(H,34,35)(H2,27,30,39)/p-1/b28-13+/t14?,15?,16-,17-,18-/m0/s1. The molecular weight excluding hydrogens is 512 g/mol. The maximum Gasteiger partial charge on any atom is 0.335 e. The molecule has 1 aliphatic carbocycles. The summed E-state index contributed by atoms with van der Waals surface area (Å²) in [6.45, 7) is 0.670. The molecule has 15 heteroatoms. The Morgan fingerprint density at radius 1 is 1.10 bits per heavy atom. The van der Waals surface area contributed by atoms with Crippen molar-refractivity contribution in [3.05, 3.63) is 0 Å². The Labute approximate surface area is 226 Å². The van der Waals surface area contributed by atoms with E-state index in [0.717, 1.165) is 36.9 Å². The molecule has 15 nitrogen and oxygen atoms in total. The van der Waals surface area contributed by atoms with Crippen LogP contribution in [0.25, 0.3) is 0 Å². The predicted molar refractivity (Wildman–Crippen MR) is 135 cm³/mol. The van der Waals surface area contributed by atoms with E-state index in [2.05, 4.69) is 26.5 Å². The number of nitrogens with two attached hydrogens (primary N) is 1. The van der Waals surface area contributed by atoms with E-state index in [4.69, 9.17) is 5.73 Å². The van der Waals surface area contributed by atoms with Gasteiger partial charge < -0.3 is 31.6 Å². The molecule has 0 bridgehead atoms. The second-order valence-electron chi connectivity index (χ2n) is 10.1. The van der Waals surface area contributed by atoms with Crippen LogP contribution >= 0.6 is 0 Å². The van der Waals surface area contributed by atoms with Crippen molar-refractivity contribution in [2.75, 3.05) is 20.1 Å². The molecule has 0 aromatic heterocycles. The molecule has 0 spiro atoms. The molecule has 1 saturated carbocycles. The molecule has 3 atom stereocenters. The van der Waals surface area contributed by atoms with Crippen molar-refractivity contribution in [3.8, 4) is 0 Å². The smallest absolute Gasteiger partial charge is 0.335 e. The van der Waals surface area contributed by atoms with Crippen molar-refractivity contribution in [2.24, 2.45) is 22.7 Å². The second kappa shape index (κ2) is 13.9. The summed E-state index contributed by atoms with van der Waals surface area (Å²) in [5.41, 5.74) is 8.14. The average molecular weight is 550 g/mol. The lowest BCUT2D eigenvalue weighted by molar-refractivity contribution is -0.305. The van der Waals surface area contributed by atoms with Gasteiger partial charge in [-0.05, 0) is 50.9 Å². The molecule has 2 heterocycles. The van der Waals surface area contributed by atoms with Gasteiger partial charge in [-0.25, -0.2) is 15.2 Å². The Bertz CT molecular complexity index is 982. The summed E-state index contributed by atoms with van der Waals surface area (Å²) in [4.78, 5) is 73.5. The van der Waals surface area contributed by atoms with Crippen LogP contribution in [0.3, 0.4) is 0 Å². The number of nitrogens with one attached hydrogen (secondary N) is 4. The topological polar surface area (TPSA) is 218 Å². The number of hydrogen-bond donors (Lipinski definition) is 5. The average Bonchev–Trinajstić information content (AvgIpc) is 3.03. The first-order valence-corrected chi connectivity index (χ1v) is 13.3. The Hall–Kier alpha value is -3.75. The zero-order valence-corrected chi connectivity index (χ0v) is 22.0. The summed E-state index contributed by atoms with van der Waals surface area (Å²) in [7, 11) is 1.61. The van der Waals surface area contributed by atoms with Gasteiger partial charge in [-0.15, -0.1) is 0 Å². The number of carboxylic acid groups (broad SMARTS) is 1. The van der Waals surface area contributed by atoms with Crippen LogP contribution < -0.4 is 32.2 Å². The van der Waals surface area contributed by atoms with Gasteiger partial charge in [-0.1, -0.05) is 0 Å². The minimum Gasteiger partial charge on any atom is -0.550 e. The highest BCUT2D eigenvalue weighted by Crippen LogP contribution is 2.28. The van der Waals surface area contributed by atoms with Crippen molar-refractivity contribution in [2.45, 2.75) is 75.9 Å². The first-order valence-electron chi connectivity index (χ1n) is 13.3. The van der Waals surface area contributed by atoms with E-state index in [1.807, 2.05) is 0 Å². The number of urea groups is 1. The van der Waals surface area contributed by atoms with E-state index >= 15 is 0 Å². The minimum absolute atomic E-state index is 0.00747. The molecule has 0 radical (unpaired) electrons. The van der Waals surface area contributed by atoms with Crippen molar-refractivity contribution in [3.63, 3.8) is 0 Å². The quantitative estimate of drug-likeness (QED) is 0.150. The van der Waals surface area contributed by atoms with E-state index in [9.17, 15) is 33.9 Å². The molecule has 216 valence electrons. The number of hydrazine groups is 1. The fraction of sp³-hybridized carbons (Fsp3) is 0.708. The summed E-state index contributed by atoms with van der Waals surface area (Å²) < 4.78 is 0. The van der Waals surface area contributed by atoms with Crippen LogP contribution in [0.4, 0.5) is 4.79 Å². The van der Waals surface area contributed by atoms with Crippen LogP contribution in [-0.4, -0.2) is 90.1 Å². The summed E-state index contributed by atoms with van der Waals surface area (Å²) in [6.07, 6.45) is 4.51. The van der Waals surface area contributed by atoms with E-state index in [-0.39, 0.29) is 49.5 Å². The van der Waals surface area contributed by atoms with Gasteiger partial charge in [0.25, 0.3) is 5.91 Å². The number of carbonyl (C=O) groups excluding carboxylic acids is 6. The summed E-state index contributed by atoms with van der Waals surface area (Å²) >= 11 is 0. The van der Waals surface area contributed by atoms with Crippen LogP contribution in [-0.2, 0) is 24.0 Å². The van der Waals surface area contributed by atoms with Gasteiger partial charge in [-0.2, -0.15) is 5.10 Å². The van der Waals surface area contributed by atoms with Gasteiger partial charge >= 0.3 is 6.03 Å². The molecule has 0 unspecified atom stereocenters. The van der Waals surface area contributed by atoms with Crippen molar-refractivity contribution in [1.29, 1.82) is 0 Å². The summed E-state index contributed by atoms with van der Waals surface area (Å²) in [5.74, 6) is -2.75. The molecule has 0 aromatic rings.